The van der Waals surface area contributed by atoms with Crippen molar-refractivity contribution in [3.8, 4) is 0 Å². The Kier molecular flexibility index (Phi) is 6.21. The van der Waals surface area contributed by atoms with Gasteiger partial charge in [0.25, 0.3) is 0 Å². The fourth-order valence-corrected chi connectivity index (χ4v) is 3.83. The fraction of sp³-hybridized carbons (Fsp3) is 0.643. The van der Waals surface area contributed by atoms with Gasteiger partial charge in [0.15, 0.2) is 7.98 Å². The predicted octanol–water partition coefficient (Wildman–Crippen LogP) is -1.76. The Labute approximate surface area is 149 Å². The van der Waals surface area contributed by atoms with Crippen molar-refractivity contribution in [2.24, 2.45) is 17.6 Å². The lowest BCUT2D eigenvalue weighted by molar-refractivity contribution is -0.162. The summed E-state index contributed by atoms with van der Waals surface area (Å²) in [6, 6.07) is -0.304. The van der Waals surface area contributed by atoms with Crippen LogP contribution in [0.1, 0.15) is 13.8 Å². The number of primary amides is 1. The normalized spacial score (nSPS) is 27.0. The minimum atomic E-state index is -0.816. The van der Waals surface area contributed by atoms with E-state index in [1.165, 1.54) is 4.90 Å². The van der Waals surface area contributed by atoms with E-state index in [0.29, 0.717) is 5.57 Å². The van der Waals surface area contributed by atoms with Gasteiger partial charge < -0.3 is 25.3 Å². The molecule has 136 valence electrons. The molecule has 0 bridgehead atoms. The first-order valence-electron chi connectivity index (χ1n) is 7.83. The van der Waals surface area contributed by atoms with Crippen molar-refractivity contribution >= 4 is 34.7 Å². The molecule has 2 amide bonds. The lowest BCUT2D eigenvalue weighted by atomic mass is 9.77. The van der Waals surface area contributed by atoms with Gasteiger partial charge in [-0.1, -0.05) is 6.92 Å². The summed E-state index contributed by atoms with van der Waals surface area (Å²) >= 11 is 0. The van der Waals surface area contributed by atoms with Crippen molar-refractivity contribution in [3.63, 3.8) is 0 Å². The van der Waals surface area contributed by atoms with Gasteiger partial charge in [-0.15, -0.1) is 0 Å². The molecule has 1 saturated heterocycles. The lowest BCUT2D eigenvalue weighted by Gasteiger charge is -2.46. The molecule has 25 heavy (non-hydrogen) atoms. The number of nitrogens with one attached hydrogen (secondary N) is 1. The number of amides is 2. The molecule has 9 nitrogen and oxygen atoms in total. The van der Waals surface area contributed by atoms with Gasteiger partial charge in [0.05, 0.1) is 24.6 Å². The molecule has 2 radical (unpaired) electrons. The Morgan fingerprint density at radius 2 is 2.20 bits per heavy atom. The van der Waals surface area contributed by atoms with E-state index in [2.05, 4.69) is 5.00 Å². The molecule has 1 fully saturated rings. The van der Waals surface area contributed by atoms with Crippen LogP contribution < -0.4 is 10.7 Å². The van der Waals surface area contributed by atoms with Crippen LogP contribution in [0.5, 0.6) is 0 Å². The molecule has 0 aromatic heterocycles. The maximum atomic E-state index is 12.4. The van der Waals surface area contributed by atoms with Gasteiger partial charge in [-0.05, 0) is 19.5 Å². The number of hydrogen-bond acceptors (Lipinski definition) is 7. The summed E-state index contributed by atoms with van der Waals surface area (Å²) in [6.45, 7) is 3.74. The number of fused-ring (bicyclic) bond motifs is 1. The van der Waals surface area contributed by atoms with Crippen LogP contribution in [-0.2, 0) is 18.9 Å². The van der Waals surface area contributed by atoms with E-state index in [-0.39, 0.29) is 36.7 Å². The van der Waals surface area contributed by atoms with Gasteiger partial charge in [-0.25, -0.2) is 4.79 Å². The summed E-state index contributed by atoms with van der Waals surface area (Å²) in [5.41, 5.74) is 6.05. The molecule has 5 atom stereocenters. The number of rotatable bonds is 8. The third kappa shape index (κ3) is 3.72. The summed E-state index contributed by atoms with van der Waals surface area (Å²) < 4.78 is 5.04. The van der Waals surface area contributed by atoms with Crippen molar-refractivity contribution in [1.82, 2.24) is 14.8 Å². The Balaban J connectivity index is 2.31. The van der Waals surface area contributed by atoms with Crippen molar-refractivity contribution in [1.29, 1.82) is 0 Å². The van der Waals surface area contributed by atoms with Gasteiger partial charge >= 0.3 is 5.97 Å². The van der Waals surface area contributed by atoms with Gasteiger partial charge in [0.1, 0.15) is 14.7 Å². The van der Waals surface area contributed by atoms with Crippen LogP contribution in [0.15, 0.2) is 11.3 Å². The van der Waals surface area contributed by atoms with E-state index in [0.717, 1.165) is 0 Å². The molecule has 0 aromatic rings. The number of carbonyl (C=O) groups is 3. The first-order valence-corrected chi connectivity index (χ1v) is 8.74. The number of aliphatic hydroxyl groups is 1. The van der Waals surface area contributed by atoms with Gasteiger partial charge in [0.2, 0.25) is 11.8 Å². The first-order chi connectivity index (χ1) is 11.7. The van der Waals surface area contributed by atoms with E-state index in [9.17, 15) is 19.5 Å². The standard InChI is InChI=1S/C14H22BN4O5P/c1-6-8(4-18(3)5-9(16)21)12(14(23)24-25-17-15)19-11(6)10(7(2)20)13(19)22/h6-7,10-11,17,20,25H,4-5H2,1-3H3,(H2,16,21)/t6-,7+,10+,11+/m0/s1. The highest BCUT2D eigenvalue weighted by molar-refractivity contribution is 7.32. The molecule has 0 saturated carbocycles. The average Bonchev–Trinajstić information content (AvgIpc) is 2.73. The van der Waals surface area contributed by atoms with Crippen LogP contribution in [-0.4, -0.2) is 73.0 Å². The van der Waals surface area contributed by atoms with Crippen LogP contribution in [0.25, 0.3) is 0 Å². The number of hydrogen-bond donors (Lipinski definition) is 3. The highest BCUT2D eigenvalue weighted by Crippen LogP contribution is 2.47. The van der Waals surface area contributed by atoms with Crippen LogP contribution in [0, 0.1) is 11.8 Å². The van der Waals surface area contributed by atoms with E-state index < -0.39 is 32.9 Å². The molecule has 0 spiro atoms. The Morgan fingerprint density at radius 1 is 1.56 bits per heavy atom. The third-order valence-electron chi connectivity index (χ3n) is 4.58. The molecular formula is C14H22BN4O5P. The van der Waals surface area contributed by atoms with Crippen molar-refractivity contribution in [2.45, 2.75) is 26.0 Å². The highest BCUT2D eigenvalue weighted by Gasteiger charge is 2.59. The molecule has 2 heterocycles. The summed E-state index contributed by atoms with van der Waals surface area (Å²) in [5.74, 6) is -2.19. The molecule has 2 aliphatic heterocycles. The summed E-state index contributed by atoms with van der Waals surface area (Å²) in [4.78, 5) is 41.3. The molecule has 2 rings (SSSR count). The van der Waals surface area contributed by atoms with Crippen LogP contribution in [0.2, 0.25) is 0 Å². The monoisotopic (exact) mass is 368 g/mol. The number of likely N-dealkylation sites (N-methyl/N-ethyl adjacent to an activating group) is 1. The average molecular weight is 368 g/mol. The third-order valence-corrected chi connectivity index (χ3v) is 4.98. The molecular weight excluding hydrogens is 346 g/mol. The van der Waals surface area contributed by atoms with Crippen molar-refractivity contribution in [2.75, 3.05) is 20.1 Å². The van der Waals surface area contributed by atoms with Crippen molar-refractivity contribution < 1.29 is 24.0 Å². The maximum Gasteiger partial charge on any atom is 0.358 e. The zero-order valence-corrected chi connectivity index (χ0v) is 15.4. The number of aliphatic hydroxyl groups excluding tert-OH is 1. The van der Waals surface area contributed by atoms with Crippen LogP contribution in [0.4, 0.5) is 0 Å². The summed E-state index contributed by atoms with van der Waals surface area (Å²) in [7, 11) is 6.38. The van der Waals surface area contributed by atoms with E-state index in [4.69, 9.17) is 18.2 Å². The Morgan fingerprint density at radius 3 is 2.72 bits per heavy atom. The zero-order chi connectivity index (χ0) is 18.9. The second-order valence-corrected chi connectivity index (χ2v) is 7.10. The second kappa shape index (κ2) is 7.82. The van der Waals surface area contributed by atoms with Crippen LogP contribution >= 0.6 is 8.96 Å². The largest absolute Gasteiger partial charge is 0.428 e. The smallest absolute Gasteiger partial charge is 0.358 e. The first kappa shape index (κ1) is 19.8. The quantitative estimate of drug-likeness (QED) is 0.263. The minimum absolute atomic E-state index is 0.0170. The molecule has 0 aliphatic carbocycles. The van der Waals surface area contributed by atoms with Gasteiger partial charge in [-0.2, -0.15) is 0 Å². The highest BCUT2D eigenvalue weighted by atomic mass is 31.1. The number of nitrogens with zero attached hydrogens (tertiary/aromatic N) is 2. The molecule has 4 N–H and O–H groups in total. The predicted molar refractivity (Wildman–Crippen MR) is 92.0 cm³/mol. The molecule has 0 aromatic carbocycles. The van der Waals surface area contributed by atoms with Gasteiger partial charge in [-0.3, -0.25) is 14.5 Å². The van der Waals surface area contributed by atoms with E-state index in [1.54, 1.807) is 18.9 Å². The van der Waals surface area contributed by atoms with Gasteiger partial charge in [0, 0.05) is 12.5 Å². The SMILES string of the molecule is [B]NPOC(=O)C1=C(CN(C)CC(N)=O)[C@H](C)[C@@H]2[C@@H]([C@@H](C)O)C(=O)N12. The second-order valence-electron chi connectivity index (χ2n) is 6.40. The number of β-lactam (4-membered cyclic amide) rings is 1. The minimum Gasteiger partial charge on any atom is -0.428 e. The lowest BCUT2D eigenvalue weighted by Crippen LogP contribution is -2.63. The Hall–Kier alpha value is -1.48. The van der Waals surface area contributed by atoms with Crippen LogP contribution in [0.3, 0.4) is 0 Å². The van der Waals surface area contributed by atoms with E-state index >= 15 is 0 Å². The molecule has 2 aliphatic rings. The topological polar surface area (TPSA) is 125 Å². The summed E-state index contributed by atoms with van der Waals surface area (Å²) in [6.07, 6.45) is -0.816. The molecule has 11 heteroatoms. The maximum absolute atomic E-state index is 12.4. The summed E-state index contributed by atoms with van der Waals surface area (Å²) in [5, 5.41) is 9.88. The van der Waals surface area contributed by atoms with Crippen molar-refractivity contribution in [3.05, 3.63) is 11.3 Å². The number of carbonyl (C=O) groups excluding carboxylic acids is 3. The Bertz CT molecular complexity index is 614. The van der Waals surface area contributed by atoms with E-state index in [1.807, 2.05) is 6.92 Å². The fourth-order valence-electron chi connectivity index (χ4n) is 3.58. The molecule has 1 unspecified atom stereocenters. The zero-order valence-electron chi connectivity index (χ0n) is 14.4. The number of nitrogens with two attached hydrogens (primary N) is 1.